The molecule has 0 fully saturated rings. The molecule has 1 N–H and O–H groups in total. The van der Waals surface area contributed by atoms with Crippen LogP contribution in [0.25, 0.3) is 0 Å². The number of benzene rings is 1. The van der Waals surface area contributed by atoms with Gasteiger partial charge in [0, 0.05) is 24.8 Å². The number of aromatic nitrogens is 2. The van der Waals surface area contributed by atoms with E-state index in [9.17, 15) is 4.79 Å². The Kier molecular flexibility index (Phi) is 7.38. The standard InChI is InChI=1S/C20H28N4O2/c1-5-12-24(13-6-2)18-14-15(4)21-20(23-18)22-17-11-9-8-10-16(17)19(25)26-7-3/h8-11,14H,5-7,12-13H2,1-4H3,(H,21,22,23). The van der Waals surface area contributed by atoms with E-state index in [1.54, 1.807) is 13.0 Å². The lowest BCUT2D eigenvalue weighted by Gasteiger charge is -2.23. The zero-order chi connectivity index (χ0) is 18.9. The Bertz CT molecular complexity index is 728. The molecule has 0 saturated heterocycles. The molecule has 0 saturated carbocycles. The van der Waals surface area contributed by atoms with Crippen molar-refractivity contribution >= 4 is 23.4 Å². The third-order valence-corrected chi connectivity index (χ3v) is 3.82. The summed E-state index contributed by atoms with van der Waals surface area (Å²) >= 11 is 0. The second-order valence-corrected chi connectivity index (χ2v) is 6.07. The average molecular weight is 356 g/mol. The van der Waals surface area contributed by atoms with Crippen LogP contribution >= 0.6 is 0 Å². The number of anilines is 3. The van der Waals surface area contributed by atoms with Crippen molar-refractivity contribution in [3.05, 3.63) is 41.6 Å². The van der Waals surface area contributed by atoms with Crippen molar-refractivity contribution in [1.29, 1.82) is 0 Å². The van der Waals surface area contributed by atoms with Crippen molar-refractivity contribution in [2.75, 3.05) is 29.9 Å². The number of carbonyl (C=O) groups excluding carboxylic acids is 1. The largest absolute Gasteiger partial charge is 0.462 e. The minimum Gasteiger partial charge on any atom is -0.462 e. The van der Waals surface area contributed by atoms with Crippen LogP contribution in [0.3, 0.4) is 0 Å². The summed E-state index contributed by atoms with van der Waals surface area (Å²) in [5.41, 5.74) is 1.99. The summed E-state index contributed by atoms with van der Waals surface area (Å²) in [6.45, 7) is 10.3. The van der Waals surface area contributed by atoms with Gasteiger partial charge in [0.1, 0.15) is 5.82 Å². The van der Waals surface area contributed by atoms with Crippen LogP contribution in [0.15, 0.2) is 30.3 Å². The normalized spacial score (nSPS) is 10.5. The molecule has 140 valence electrons. The fraction of sp³-hybridized carbons (Fsp3) is 0.450. The molecule has 1 heterocycles. The SMILES string of the molecule is CCCN(CCC)c1cc(C)nc(Nc2ccccc2C(=O)OCC)n1. The molecule has 2 aromatic rings. The van der Waals surface area contributed by atoms with Gasteiger partial charge in [-0.25, -0.2) is 9.78 Å². The highest BCUT2D eigenvalue weighted by Gasteiger charge is 2.14. The second kappa shape index (κ2) is 9.75. The lowest BCUT2D eigenvalue weighted by atomic mass is 10.2. The number of esters is 1. The minimum absolute atomic E-state index is 0.335. The molecule has 0 radical (unpaired) electrons. The van der Waals surface area contributed by atoms with Gasteiger partial charge in [-0.05, 0) is 38.8 Å². The van der Waals surface area contributed by atoms with Crippen LogP contribution in [-0.2, 0) is 4.74 Å². The number of nitrogens with zero attached hydrogens (tertiary/aromatic N) is 3. The predicted molar refractivity (Wildman–Crippen MR) is 105 cm³/mol. The van der Waals surface area contributed by atoms with Crippen molar-refractivity contribution in [1.82, 2.24) is 9.97 Å². The van der Waals surface area contributed by atoms with Gasteiger partial charge in [-0.2, -0.15) is 4.98 Å². The maximum Gasteiger partial charge on any atom is 0.340 e. The number of carbonyl (C=O) groups is 1. The highest BCUT2D eigenvalue weighted by molar-refractivity contribution is 5.96. The molecule has 0 spiro atoms. The van der Waals surface area contributed by atoms with Crippen LogP contribution in [0.4, 0.5) is 17.5 Å². The maximum atomic E-state index is 12.2. The number of rotatable bonds is 9. The molecule has 1 aromatic heterocycles. The molecular weight excluding hydrogens is 328 g/mol. The molecule has 6 heteroatoms. The first-order chi connectivity index (χ1) is 12.6. The summed E-state index contributed by atoms with van der Waals surface area (Å²) < 4.78 is 5.13. The van der Waals surface area contributed by atoms with Gasteiger partial charge in [-0.3, -0.25) is 0 Å². The molecule has 1 aromatic carbocycles. The van der Waals surface area contributed by atoms with Gasteiger partial charge in [-0.15, -0.1) is 0 Å². The predicted octanol–water partition coefficient (Wildman–Crippen LogP) is 4.33. The number of nitrogens with one attached hydrogen (secondary N) is 1. The lowest BCUT2D eigenvalue weighted by molar-refractivity contribution is 0.0527. The Hall–Kier alpha value is -2.63. The Morgan fingerprint density at radius 3 is 2.46 bits per heavy atom. The first-order valence-corrected chi connectivity index (χ1v) is 9.22. The zero-order valence-corrected chi connectivity index (χ0v) is 16.1. The molecule has 0 bridgehead atoms. The molecule has 0 aliphatic carbocycles. The lowest BCUT2D eigenvalue weighted by Crippen LogP contribution is -2.26. The van der Waals surface area contributed by atoms with Crippen molar-refractivity contribution in [3.63, 3.8) is 0 Å². The van der Waals surface area contributed by atoms with Gasteiger partial charge in [0.15, 0.2) is 0 Å². The van der Waals surface area contributed by atoms with Gasteiger partial charge in [0.25, 0.3) is 0 Å². The van der Waals surface area contributed by atoms with Crippen molar-refractivity contribution in [3.8, 4) is 0 Å². The summed E-state index contributed by atoms with van der Waals surface area (Å²) in [4.78, 5) is 23.6. The number of hydrogen-bond acceptors (Lipinski definition) is 6. The first-order valence-electron chi connectivity index (χ1n) is 9.22. The van der Waals surface area contributed by atoms with E-state index in [4.69, 9.17) is 4.74 Å². The van der Waals surface area contributed by atoms with E-state index in [0.29, 0.717) is 23.8 Å². The van der Waals surface area contributed by atoms with E-state index in [1.807, 2.05) is 31.2 Å². The van der Waals surface area contributed by atoms with E-state index in [2.05, 4.69) is 34.0 Å². The van der Waals surface area contributed by atoms with Crippen molar-refractivity contribution in [2.24, 2.45) is 0 Å². The number of hydrogen-bond donors (Lipinski definition) is 1. The van der Waals surface area contributed by atoms with E-state index >= 15 is 0 Å². The Labute approximate surface area is 155 Å². The maximum absolute atomic E-state index is 12.2. The fourth-order valence-electron chi connectivity index (χ4n) is 2.75. The monoisotopic (exact) mass is 356 g/mol. The van der Waals surface area contributed by atoms with Crippen molar-refractivity contribution < 1.29 is 9.53 Å². The average Bonchev–Trinajstić information content (AvgIpc) is 2.61. The smallest absolute Gasteiger partial charge is 0.340 e. The Morgan fingerprint density at radius 2 is 1.81 bits per heavy atom. The van der Waals surface area contributed by atoms with Gasteiger partial charge in [0.2, 0.25) is 5.95 Å². The van der Waals surface area contributed by atoms with Crippen LogP contribution in [0, 0.1) is 6.92 Å². The minimum atomic E-state index is -0.359. The van der Waals surface area contributed by atoms with Crippen LogP contribution in [0.5, 0.6) is 0 Å². The summed E-state index contributed by atoms with van der Waals surface area (Å²) in [5, 5.41) is 3.18. The number of ether oxygens (including phenoxy) is 1. The Balaban J connectivity index is 2.32. The summed E-state index contributed by atoms with van der Waals surface area (Å²) in [6, 6.07) is 9.23. The Morgan fingerprint density at radius 1 is 1.12 bits per heavy atom. The van der Waals surface area contributed by atoms with Gasteiger partial charge < -0.3 is 15.0 Å². The third kappa shape index (κ3) is 5.18. The molecule has 26 heavy (non-hydrogen) atoms. The second-order valence-electron chi connectivity index (χ2n) is 6.07. The van der Waals surface area contributed by atoms with Gasteiger partial charge in [0.05, 0.1) is 17.9 Å². The molecule has 2 rings (SSSR count). The summed E-state index contributed by atoms with van der Waals surface area (Å²) in [5.74, 6) is 1.02. The topological polar surface area (TPSA) is 67.4 Å². The van der Waals surface area contributed by atoms with Crippen molar-refractivity contribution in [2.45, 2.75) is 40.5 Å². The van der Waals surface area contributed by atoms with Gasteiger partial charge in [-0.1, -0.05) is 26.0 Å². The molecule has 0 aliphatic heterocycles. The molecule has 0 amide bonds. The van der Waals surface area contributed by atoms with E-state index in [1.165, 1.54) is 0 Å². The molecule has 0 unspecified atom stereocenters. The highest BCUT2D eigenvalue weighted by Crippen LogP contribution is 2.22. The summed E-state index contributed by atoms with van der Waals surface area (Å²) in [6.07, 6.45) is 2.11. The van der Waals surface area contributed by atoms with E-state index in [-0.39, 0.29) is 5.97 Å². The quantitative estimate of drug-likeness (QED) is 0.675. The van der Waals surface area contributed by atoms with Crippen LogP contribution in [0.1, 0.15) is 49.7 Å². The highest BCUT2D eigenvalue weighted by atomic mass is 16.5. The van der Waals surface area contributed by atoms with Crippen LogP contribution in [0.2, 0.25) is 0 Å². The van der Waals surface area contributed by atoms with E-state index in [0.717, 1.165) is 37.4 Å². The fourth-order valence-corrected chi connectivity index (χ4v) is 2.75. The number of aryl methyl sites for hydroxylation is 1. The zero-order valence-electron chi connectivity index (χ0n) is 16.1. The summed E-state index contributed by atoms with van der Waals surface area (Å²) in [7, 11) is 0. The third-order valence-electron chi connectivity index (χ3n) is 3.82. The molecular formula is C20H28N4O2. The first kappa shape index (κ1) is 19.7. The van der Waals surface area contributed by atoms with Crippen LogP contribution < -0.4 is 10.2 Å². The molecule has 0 atom stereocenters. The van der Waals surface area contributed by atoms with Crippen LogP contribution in [-0.4, -0.2) is 35.6 Å². The molecule has 6 nitrogen and oxygen atoms in total. The van der Waals surface area contributed by atoms with Gasteiger partial charge >= 0.3 is 5.97 Å². The molecule has 0 aliphatic rings. The van der Waals surface area contributed by atoms with E-state index < -0.39 is 0 Å². The number of para-hydroxylation sites is 1.